The second-order valence-corrected chi connectivity index (χ2v) is 16.4. The fourth-order valence-electron chi connectivity index (χ4n) is 8.09. The highest BCUT2D eigenvalue weighted by molar-refractivity contribution is 5.94. The molecule has 2 aliphatic heterocycles. The summed E-state index contributed by atoms with van der Waals surface area (Å²) in [5.41, 5.74) is 3.30. The summed E-state index contributed by atoms with van der Waals surface area (Å²) in [6.45, 7) is 4.99. The number of nitrogens with one attached hydrogen (secondary N) is 2. The summed E-state index contributed by atoms with van der Waals surface area (Å²) >= 11 is 0. The van der Waals surface area contributed by atoms with Crippen molar-refractivity contribution >= 4 is 29.8 Å². The van der Waals surface area contributed by atoms with Crippen LogP contribution in [0.25, 0.3) is 6.08 Å². The number of hydrogen-bond acceptors (Lipinski definition) is 10. The van der Waals surface area contributed by atoms with Crippen LogP contribution in [0.5, 0.6) is 0 Å². The Hall–Kier alpha value is -4.36. The molecule has 1 saturated carbocycles. The van der Waals surface area contributed by atoms with Crippen LogP contribution in [-0.2, 0) is 50.9 Å². The number of ether oxygens (including phenoxy) is 5. The van der Waals surface area contributed by atoms with Gasteiger partial charge < -0.3 is 39.4 Å². The molecule has 2 saturated heterocycles. The molecule has 0 radical (unpaired) electrons. The average molecular weight is 757 g/mol. The number of carbonyl (C=O) groups excluding carboxylic acids is 4. The number of esters is 2. The van der Waals surface area contributed by atoms with Crippen molar-refractivity contribution in [3.05, 3.63) is 88.5 Å². The molecule has 12 heteroatoms. The first kappa shape index (κ1) is 38.9. The van der Waals surface area contributed by atoms with E-state index in [1.54, 1.807) is 32.9 Å². The van der Waals surface area contributed by atoms with E-state index in [1.807, 2.05) is 30.3 Å². The Balaban J connectivity index is 0.976. The molecule has 5 aliphatic rings. The van der Waals surface area contributed by atoms with Crippen LogP contribution < -0.4 is 10.6 Å². The van der Waals surface area contributed by atoms with Gasteiger partial charge in [-0.2, -0.15) is 0 Å². The number of aliphatic hydroxyl groups is 1. The molecule has 2 aromatic carbocycles. The minimum absolute atomic E-state index is 0.0246. The van der Waals surface area contributed by atoms with Crippen LogP contribution in [0.3, 0.4) is 0 Å². The van der Waals surface area contributed by atoms with Gasteiger partial charge in [-0.3, -0.25) is 14.4 Å². The predicted octanol–water partition coefficient (Wildman–Crippen LogP) is 4.51. The van der Waals surface area contributed by atoms with Crippen LogP contribution in [0, 0.1) is 5.92 Å². The molecule has 7 atom stereocenters. The van der Waals surface area contributed by atoms with Crippen molar-refractivity contribution in [2.45, 2.75) is 127 Å². The van der Waals surface area contributed by atoms with Gasteiger partial charge in [0.05, 0.1) is 30.4 Å². The zero-order valence-electron chi connectivity index (χ0n) is 31.8. The van der Waals surface area contributed by atoms with E-state index in [-0.39, 0.29) is 44.7 Å². The van der Waals surface area contributed by atoms with E-state index >= 15 is 0 Å². The standard InChI is InChI=1S/C43H52N2O10/c1-42(2,3)54-38(48)16-14-32(25-46)45-37(47)17-18-44-40(49)31-21-35(39-36(22-31)53-43(55-39)23-29-8-4-5-9-30(29)24-43)52-41(50)28-10-6-7-26(19-28)11-12-27-13-15-33-34(20-27)51-33/h4-12,19,22,27,32-36,39,46H,13-18,20-21,23-25H2,1-3H3,(H,44,49)(H,45,47)/t27?,32-,33?,34?,35+,36+,39-/m0/s1. The highest BCUT2D eigenvalue weighted by Crippen LogP contribution is 2.45. The number of rotatable bonds is 13. The van der Waals surface area contributed by atoms with E-state index in [1.165, 1.54) is 0 Å². The number of hydrogen-bond donors (Lipinski definition) is 3. The fraction of sp³-hybridized carbons (Fsp3) is 0.535. The SMILES string of the molecule is CC(C)(C)OC(=O)CC[C@@H](CO)NC(=O)CCNC(=O)C1=C[C@H]2OC3(Cc4ccccc4C3)O[C@H]2[C@H](OC(=O)c2cccc(C=CC3CCC4OC4C3)c2)C1. The van der Waals surface area contributed by atoms with Crippen LogP contribution in [0.2, 0.25) is 0 Å². The Labute approximate surface area is 322 Å². The second kappa shape index (κ2) is 16.4. The molecular formula is C43H52N2O10. The van der Waals surface area contributed by atoms with Crippen molar-refractivity contribution in [1.29, 1.82) is 0 Å². The normalized spacial score (nSPS) is 26.7. The topological polar surface area (TPSA) is 162 Å². The molecule has 3 aliphatic carbocycles. The van der Waals surface area contributed by atoms with Gasteiger partial charge in [0.25, 0.3) is 0 Å². The minimum Gasteiger partial charge on any atom is -0.460 e. The van der Waals surface area contributed by atoms with Crippen molar-refractivity contribution in [1.82, 2.24) is 10.6 Å². The fourth-order valence-corrected chi connectivity index (χ4v) is 8.09. The third-order valence-electron chi connectivity index (χ3n) is 10.8. The van der Waals surface area contributed by atoms with E-state index in [2.05, 4.69) is 34.9 Å². The molecule has 0 aromatic heterocycles. The Morgan fingerprint density at radius 1 is 1.00 bits per heavy atom. The lowest BCUT2D eigenvalue weighted by molar-refractivity contribution is -0.172. The lowest BCUT2D eigenvalue weighted by Crippen LogP contribution is -2.44. The van der Waals surface area contributed by atoms with Crippen molar-refractivity contribution in [3.8, 4) is 0 Å². The van der Waals surface area contributed by atoms with Crippen LogP contribution in [0.15, 0.2) is 66.3 Å². The monoisotopic (exact) mass is 756 g/mol. The Bertz CT molecular complexity index is 1810. The Morgan fingerprint density at radius 2 is 1.78 bits per heavy atom. The van der Waals surface area contributed by atoms with E-state index in [9.17, 15) is 24.3 Å². The maximum absolute atomic E-state index is 13.7. The summed E-state index contributed by atoms with van der Waals surface area (Å²) < 4.78 is 30.3. The molecule has 2 amide bonds. The molecule has 1 spiro atoms. The van der Waals surface area contributed by atoms with Gasteiger partial charge in [0.1, 0.15) is 23.9 Å². The third kappa shape index (κ3) is 9.91. The van der Waals surface area contributed by atoms with Crippen LogP contribution in [0.4, 0.5) is 0 Å². The molecule has 2 aromatic rings. The molecular weight excluding hydrogens is 704 g/mol. The molecule has 0 bridgehead atoms. The number of carbonyl (C=O) groups is 4. The first-order valence-corrected chi connectivity index (χ1v) is 19.5. The highest BCUT2D eigenvalue weighted by atomic mass is 16.8. The van der Waals surface area contributed by atoms with E-state index in [4.69, 9.17) is 23.7 Å². The Morgan fingerprint density at radius 3 is 2.51 bits per heavy atom. The third-order valence-corrected chi connectivity index (χ3v) is 10.8. The number of aliphatic hydroxyl groups excluding tert-OH is 1. The van der Waals surface area contributed by atoms with Crippen LogP contribution >= 0.6 is 0 Å². The maximum atomic E-state index is 13.7. The van der Waals surface area contributed by atoms with E-state index in [0.717, 1.165) is 36.0 Å². The summed E-state index contributed by atoms with van der Waals surface area (Å²) in [6, 6.07) is 14.8. The maximum Gasteiger partial charge on any atom is 0.338 e. The molecule has 294 valence electrons. The van der Waals surface area contributed by atoms with Gasteiger partial charge in [-0.05, 0) is 87.3 Å². The first-order valence-electron chi connectivity index (χ1n) is 19.5. The average Bonchev–Trinajstić information content (AvgIpc) is 3.70. The van der Waals surface area contributed by atoms with Crippen molar-refractivity contribution in [2.24, 2.45) is 5.92 Å². The minimum atomic E-state index is -0.938. The summed E-state index contributed by atoms with van der Waals surface area (Å²) in [5.74, 6) is -2.22. The van der Waals surface area contributed by atoms with Crippen molar-refractivity contribution < 1.29 is 48.0 Å². The number of allylic oxidation sites excluding steroid dienone is 1. The molecule has 3 unspecified atom stereocenters. The van der Waals surface area contributed by atoms with Gasteiger partial charge in [0, 0.05) is 44.2 Å². The largest absolute Gasteiger partial charge is 0.460 e. The van der Waals surface area contributed by atoms with Crippen molar-refractivity contribution in [3.63, 3.8) is 0 Å². The number of fused-ring (bicyclic) bond motifs is 3. The lowest BCUT2D eigenvalue weighted by atomic mass is 9.88. The summed E-state index contributed by atoms with van der Waals surface area (Å²) in [4.78, 5) is 52.0. The molecule has 3 N–H and O–H groups in total. The highest BCUT2D eigenvalue weighted by Gasteiger charge is 2.55. The molecule has 12 nitrogen and oxygen atoms in total. The van der Waals surface area contributed by atoms with Gasteiger partial charge in [-0.25, -0.2) is 4.79 Å². The number of benzene rings is 2. The number of amides is 2. The molecule has 2 heterocycles. The number of epoxide rings is 1. The van der Waals surface area contributed by atoms with Gasteiger partial charge >= 0.3 is 11.9 Å². The van der Waals surface area contributed by atoms with Gasteiger partial charge in [-0.1, -0.05) is 48.6 Å². The van der Waals surface area contributed by atoms with Gasteiger partial charge in [0.15, 0.2) is 5.79 Å². The van der Waals surface area contributed by atoms with Crippen LogP contribution in [0.1, 0.15) is 92.8 Å². The smallest absolute Gasteiger partial charge is 0.338 e. The molecule has 3 fully saturated rings. The quantitative estimate of drug-likeness (QED) is 0.196. The van der Waals surface area contributed by atoms with Crippen molar-refractivity contribution in [2.75, 3.05) is 13.2 Å². The van der Waals surface area contributed by atoms with Gasteiger partial charge in [-0.15, -0.1) is 0 Å². The summed E-state index contributed by atoms with van der Waals surface area (Å²) in [6.07, 6.45) is 9.34. The molecule has 55 heavy (non-hydrogen) atoms. The Kier molecular flexibility index (Phi) is 11.6. The zero-order chi connectivity index (χ0) is 38.7. The molecule has 7 rings (SSSR count). The van der Waals surface area contributed by atoms with E-state index in [0.29, 0.717) is 42.1 Å². The second-order valence-electron chi connectivity index (χ2n) is 16.4. The first-order chi connectivity index (χ1) is 26.3. The van der Waals surface area contributed by atoms with E-state index < -0.39 is 53.6 Å². The zero-order valence-corrected chi connectivity index (χ0v) is 31.8. The lowest BCUT2D eigenvalue weighted by Gasteiger charge is -2.30. The van der Waals surface area contributed by atoms with Gasteiger partial charge in [0.2, 0.25) is 11.8 Å². The summed E-state index contributed by atoms with van der Waals surface area (Å²) in [7, 11) is 0. The summed E-state index contributed by atoms with van der Waals surface area (Å²) in [5, 5.41) is 15.3. The predicted molar refractivity (Wildman–Crippen MR) is 201 cm³/mol. The van der Waals surface area contributed by atoms with Crippen LogP contribution in [-0.4, -0.2) is 90.0 Å².